The van der Waals surface area contributed by atoms with Gasteiger partial charge in [-0.2, -0.15) is 0 Å². The van der Waals surface area contributed by atoms with Crippen LogP contribution in [0.1, 0.15) is 30.1 Å². The number of ether oxygens (including phenoxy) is 2. The molecule has 1 aliphatic rings. The molecular formula is C20H22FNO3. The highest BCUT2D eigenvalue weighted by molar-refractivity contribution is 5.91. The number of hydrogen-bond acceptors (Lipinski definition) is 3. The number of rotatable bonds is 7. The SMILES string of the molecule is COc1cccc(C(CNC(=O)C2(c3ccc(F)cc3)CC2)OC)c1. The highest BCUT2D eigenvalue weighted by Crippen LogP contribution is 2.48. The van der Waals surface area contributed by atoms with Gasteiger partial charge >= 0.3 is 0 Å². The number of carbonyl (C=O) groups excluding carboxylic acids is 1. The Bertz CT molecular complexity index is 741. The third kappa shape index (κ3) is 3.66. The highest BCUT2D eigenvalue weighted by Gasteiger charge is 2.51. The fraction of sp³-hybridized carbons (Fsp3) is 0.350. The molecule has 1 fully saturated rings. The van der Waals surface area contributed by atoms with E-state index in [1.165, 1.54) is 12.1 Å². The molecule has 5 heteroatoms. The van der Waals surface area contributed by atoms with Crippen LogP contribution in [0, 0.1) is 5.82 Å². The van der Waals surface area contributed by atoms with Gasteiger partial charge in [-0.1, -0.05) is 24.3 Å². The molecule has 0 radical (unpaired) electrons. The van der Waals surface area contributed by atoms with E-state index in [-0.39, 0.29) is 17.8 Å². The molecule has 132 valence electrons. The second-order valence-electron chi connectivity index (χ2n) is 6.30. The van der Waals surface area contributed by atoms with E-state index in [2.05, 4.69) is 5.32 Å². The molecule has 2 aromatic rings. The Labute approximate surface area is 147 Å². The van der Waals surface area contributed by atoms with Gasteiger partial charge in [0.15, 0.2) is 0 Å². The molecule has 0 bridgehead atoms. The number of carbonyl (C=O) groups is 1. The van der Waals surface area contributed by atoms with Crippen molar-refractivity contribution in [2.45, 2.75) is 24.4 Å². The summed E-state index contributed by atoms with van der Waals surface area (Å²) in [6, 6.07) is 13.8. The molecule has 4 nitrogen and oxygen atoms in total. The predicted molar refractivity (Wildman–Crippen MR) is 93.1 cm³/mol. The minimum Gasteiger partial charge on any atom is -0.497 e. The molecule has 2 aromatic carbocycles. The van der Waals surface area contributed by atoms with Crippen LogP contribution < -0.4 is 10.1 Å². The van der Waals surface area contributed by atoms with Crippen LogP contribution in [0.3, 0.4) is 0 Å². The van der Waals surface area contributed by atoms with E-state index in [1.807, 2.05) is 24.3 Å². The largest absolute Gasteiger partial charge is 0.497 e. The highest BCUT2D eigenvalue weighted by atomic mass is 19.1. The zero-order chi connectivity index (χ0) is 17.9. The Morgan fingerprint density at radius 2 is 1.92 bits per heavy atom. The third-order valence-corrected chi connectivity index (χ3v) is 4.78. The van der Waals surface area contributed by atoms with E-state index < -0.39 is 5.41 Å². The number of benzene rings is 2. The summed E-state index contributed by atoms with van der Waals surface area (Å²) in [5.74, 6) is 0.414. The van der Waals surface area contributed by atoms with Gasteiger partial charge in [0, 0.05) is 13.7 Å². The summed E-state index contributed by atoms with van der Waals surface area (Å²) in [5, 5.41) is 2.99. The first-order valence-electron chi connectivity index (χ1n) is 8.30. The van der Waals surface area contributed by atoms with E-state index >= 15 is 0 Å². The molecule has 0 aliphatic heterocycles. The molecule has 0 heterocycles. The first-order valence-corrected chi connectivity index (χ1v) is 8.30. The zero-order valence-corrected chi connectivity index (χ0v) is 14.4. The van der Waals surface area contributed by atoms with Gasteiger partial charge in [-0.15, -0.1) is 0 Å². The lowest BCUT2D eigenvalue weighted by molar-refractivity contribution is -0.124. The van der Waals surface area contributed by atoms with Gasteiger partial charge in [0.2, 0.25) is 5.91 Å². The molecule has 1 saturated carbocycles. The van der Waals surface area contributed by atoms with E-state index in [0.29, 0.717) is 6.54 Å². The summed E-state index contributed by atoms with van der Waals surface area (Å²) in [6.07, 6.45) is 1.30. The fourth-order valence-electron chi connectivity index (χ4n) is 3.07. The molecule has 25 heavy (non-hydrogen) atoms. The van der Waals surface area contributed by atoms with Crippen molar-refractivity contribution in [2.75, 3.05) is 20.8 Å². The third-order valence-electron chi connectivity index (χ3n) is 4.78. The van der Waals surface area contributed by atoms with Crippen LogP contribution in [-0.4, -0.2) is 26.7 Å². The number of nitrogens with one attached hydrogen (secondary N) is 1. The fourth-order valence-corrected chi connectivity index (χ4v) is 3.07. The van der Waals surface area contributed by atoms with Crippen molar-refractivity contribution in [3.8, 4) is 5.75 Å². The van der Waals surface area contributed by atoms with E-state index in [1.54, 1.807) is 26.4 Å². The van der Waals surface area contributed by atoms with E-state index in [0.717, 1.165) is 29.7 Å². The van der Waals surface area contributed by atoms with Crippen LogP contribution in [0.15, 0.2) is 48.5 Å². The average molecular weight is 343 g/mol. The lowest BCUT2D eigenvalue weighted by Crippen LogP contribution is -2.37. The minimum absolute atomic E-state index is 0.0379. The number of hydrogen-bond donors (Lipinski definition) is 1. The second kappa shape index (κ2) is 7.23. The van der Waals surface area contributed by atoms with Crippen molar-refractivity contribution in [1.82, 2.24) is 5.32 Å². The van der Waals surface area contributed by atoms with Crippen molar-refractivity contribution < 1.29 is 18.7 Å². The lowest BCUT2D eigenvalue weighted by atomic mass is 9.95. The molecule has 1 aliphatic carbocycles. The summed E-state index contributed by atoms with van der Waals surface area (Å²) < 4.78 is 23.9. The standard InChI is InChI=1S/C20H22FNO3/c1-24-17-5-3-4-14(12-17)18(25-2)13-22-19(23)20(10-11-20)15-6-8-16(21)9-7-15/h3-9,12,18H,10-11,13H2,1-2H3,(H,22,23). The topological polar surface area (TPSA) is 47.6 Å². The minimum atomic E-state index is -0.527. The average Bonchev–Trinajstić information content (AvgIpc) is 3.45. The predicted octanol–water partition coefficient (Wildman–Crippen LogP) is 3.37. The van der Waals surface area contributed by atoms with Crippen LogP contribution >= 0.6 is 0 Å². The second-order valence-corrected chi connectivity index (χ2v) is 6.30. The van der Waals surface area contributed by atoms with Gasteiger partial charge in [0.05, 0.1) is 18.6 Å². The Hall–Kier alpha value is -2.40. The van der Waals surface area contributed by atoms with Crippen molar-refractivity contribution in [1.29, 1.82) is 0 Å². The van der Waals surface area contributed by atoms with Crippen LogP contribution in [0.4, 0.5) is 4.39 Å². The maximum Gasteiger partial charge on any atom is 0.230 e. The van der Waals surface area contributed by atoms with Gasteiger partial charge in [-0.25, -0.2) is 4.39 Å². The number of amides is 1. The van der Waals surface area contributed by atoms with Crippen molar-refractivity contribution in [3.63, 3.8) is 0 Å². The molecular weight excluding hydrogens is 321 g/mol. The molecule has 0 spiro atoms. The maximum atomic E-state index is 13.1. The first-order chi connectivity index (χ1) is 12.1. The summed E-state index contributed by atoms with van der Waals surface area (Å²) in [7, 11) is 3.23. The zero-order valence-electron chi connectivity index (χ0n) is 14.4. The monoisotopic (exact) mass is 343 g/mol. The number of methoxy groups -OCH3 is 2. The van der Waals surface area contributed by atoms with Gasteiger partial charge in [-0.3, -0.25) is 4.79 Å². The molecule has 1 N–H and O–H groups in total. The van der Waals surface area contributed by atoms with Crippen LogP contribution in [0.2, 0.25) is 0 Å². The summed E-state index contributed by atoms with van der Waals surface area (Å²) >= 11 is 0. The summed E-state index contributed by atoms with van der Waals surface area (Å²) in [5.41, 5.74) is 1.27. The van der Waals surface area contributed by atoms with Gasteiger partial charge in [0.1, 0.15) is 11.6 Å². The Morgan fingerprint density at radius 1 is 1.20 bits per heavy atom. The first kappa shape index (κ1) is 17.4. The van der Waals surface area contributed by atoms with Crippen molar-refractivity contribution in [3.05, 3.63) is 65.5 Å². The Morgan fingerprint density at radius 3 is 2.52 bits per heavy atom. The number of halogens is 1. The van der Waals surface area contributed by atoms with Crippen LogP contribution in [-0.2, 0) is 14.9 Å². The normalized spacial score (nSPS) is 16.1. The summed E-state index contributed by atoms with van der Waals surface area (Å²) in [6.45, 7) is 0.367. The van der Waals surface area contributed by atoms with Gasteiger partial charge in [-0.05, 0) is 48.2 Å². The van der Waals surface area contributed by atoms with Crippen molar-refractivity contribution in [2.24, 2.45) is 0 Å². The van der Waals surface area contributed by atoms with Gasteiger partial charge in [0.25, 0.3) is 0 Å². The van der Waals surface area contributed by atoms with Crippen LogP contribution in [0.25, 0.3) is 0 Å². The van der Waals surface area contributed by atoms with Crippen LogP contribution in [0.5, 0.6) is 5.75 Å². The summed E-state index contributed by atoms with van der Waals surface area (Å²) in [4.78, 5) is 12.7. The van der Waals surface area contributed by atoms with E-state index in [9.17, 15) is 9.18 Å². The Balaban J connectivity index is 1.67. The smallest absolute Gasteiger partial charge is 0.230 e. The quantitative estimate of drug-likeness (QED) is 0.838. The Kier molecular flexibility index (Phi) is 5.04. The van der Waals surface area contributed by atoms with Gasteiger partial charge < -0.3 is 14.8 Å². The molecule has 0 saturated heterocycles. The maximum absolute atomic E-state index is 13.1. The molecule has 1 atom stereocenters. The molecule has 1 amide bonds. The molecule has 3 rings (SSSR count). The lowest BCUT2D eigenvalue weighted by Gasteiger charge is -2.20. The molecule has 1 unspecified atom stereocenters. The molecule has 0 aromatic heterocycles. The van der Waals surface area contributed by atoms with E-state index in [4.69, 9.17) is 9.47 Å². The van der Waals surface area contributed by atoms with Crippen molar-refractivity contribution >= 4 is 5.91 Å².